The van der Waals surface area contributed by atoms with Crippen molar-refractivity contribution in [1.29, 1.82) is 0 Å². The van der Waals surface area contributed by atoms with Crippen LogP contribution in [0.15, 0.2) is 24.3 Å². The van der Waals surface area contributed by atoms with E-state index in [2.05, 4.69) is 0 Å². The zero-order valence-corrected chi connectivity index (χ0v) is 6.86. The van der Waals surface area contributed by atoms with Crippen LogP contribution in [0.5, 0.6) is 5.75 Å². The van der Waals surface area contributed by atoms with Crippen LogP contribution >= 0.6 is 0 Å². The fraction of sp³-hybridized carbons (Fsp3) is 0.222. The van der Waals surface area contributed by atoms with Gasteiger partial charge in [0.1, 0.15) is 5.75 Å². The predicted octanol–water partition coefficient (Wildman–Crippen LogP) is 0.103. The average Bonchev–Trinajstić information content (AvgIpc) is 2.86. The molecule has 0 radical (unpaired) electrons. The van der Waals surface area contributed by atoms with Gasteiger partial charge >= 0.3 is 0 Å². The lowest BCUT2D eigenvalue weighted by Crippen LogP contribution is -2.29. The Morgan fingerprint density at radius 1 is 1.46 bits per heavy atom. The minimum atomic E-state index is -0.937. The second-order valence-electron chi connectivity index (χ2n) is 3.03. The molecule has 0 bridgehead atoms. The molecule has 1 aromatic rings. The predicted molar refractivity (Wildman–Crippen MR) is 44.9 cm³/mol. The van der Waals surface area contributed by atoms with Crippen molar-refractivity contribution in [3.8, 4) is 5.75 Å². The molecule has 1 aromatic carbocycles. The highest BCUT2D eigenvalue weighted by molar-refractivity contribution is 5.87. The van der Waals surface area contributed by atoms with Crippen LogP contribution in [0.2, 0.25) is 0 Å². The van der Waals surface area contributed by atoms with Crippen molar-refractivity contribution in [1.82, 2.24) is 0 Å². The lowest BCUT2D eigenvalue weighted by atomic mass is 9.99. The number of carbonyl (C=O) groups excluding carboxylic acids is 1. The molecule has 0 aromatic heterocycles. The second kappa shape index (κ2) is 2.47. The largest absolute Gasteiger partial charge is 0.508 e. The summed E-state index contributed by atoms with van der Waals surface area (Å²) in [6.45, 7) is 0.326. The first-order chi connectivity index (χ1) is 6.15. The van der Waals surface area contributed by atoms with E-state index < -0.39 is 11.5 Å². The number of phenols is 1. The number of nitrogens with two attached hydrogens (primary N) is 1. The quantitative estimate of drug-likeness (QED) is 0.632. The summed E-state index contributed by atoms with van der Waals surface area (Å²) >= 11 is 0. The SMILES string of the molecule is NC(=O)C1(c2ccc(O)cc2)CO1. The molecule has 1 heterocycles. The van der Waals surface area contributed by atoms with Crippen LogP contribution in [0.1, 0.15) is 5.56 Å². The molecule has 0 spiro atoms. The standard InChI is InChI=1S/C9H9NO3/c10-8(12)9(5-13-9)6-1-3-7(11)4-2-6/h1-4,11H,5H2,(H2,10,12). The molecular formula is C9H9NO3. The van der Waals surface area contributed by atoms with Gasteiger partial charge in [-0.2, -0.15) is 0 Å². The van der Waals surface area contributed by atoms with Crippen LogP contribution in [0.25, 0.3) is 0 Å². The van der Waals surface area contributed by atoms with Gasteiger partial charge in [-0.3, -0.25) is 4.79 Å². The van der Waals surface area contributed by atoms with Crippen molar-refractivity contribution < 1.29 is 14.6 Å². The Morgan fingerprint density at radius 3 is 2.38 bits per heavy atom. The summed E-state index contributed by atoms with van der Waals surface area (Å²) in [5, 5.41) is 9.02. The Labute approximate surface area is 74.9 Å². The number of epoxide rings is 1. The number of phenolic OH excluding ortho intramolecular Hbond substituents is 1. The van der Waals surface area contributed by atoms with Crippen molar-refractivity contribution in [2.24, 2.45) is 5.73 Å². The Balaban J connectivity index is 2.36. The fourth-order valence-corrected chi connectivity index (χ4v) is 1.25. The third kappa shape index (κ3) is 1.15. The van der Waals surface area contributed by atoms with Crippen LogP contribution < -0.4 is 5.73 Å². The van der Waals surface area contributed by atoms with E-state index in [4.69, 9.17) is 15.6 Å². The van der Waals surface area contributed by atoms with Crippen molar-refractivity contribution in [3.05, 3.63) is 29.8 Å². The number of benzene rings is 1. The Hall–Kier alpha value is -1.55. The molecule has 1 aliphatic rings. The molecule has 2 rings (SSSR count). The fourth-order valence-electron chi connectivity index (χ4n) is 1.25. The molecule has 1 amide bonds. The number of ether oxygens (including phenoxy) is 1. The first-order valence-electron chi connectivity index (χ1n) is 3.88. The maximum absolute atomic E-state index is 11.0. The van der Waals surface area contributed by atoms with Gasteiger partial charge in [0.25, 0.3) is 5.91 Å². The van der Waals surface area contributed by atoms with E-state index in [1.165, 1.54) is 12.1 Å². The van der Waals surface area contributed by atoms with Gasteiger partial charge in [0, 0.05) is 0 Å². The summed E-state index contributed by atoms with van der Waals surface area (Å²) in [5.74, 6) is -0.331. The highest BCUT2D eigenvalue weighted by Gasteiger charge is 2.52. The molecule has 68 valence electrons. The van der Waals surface area contributed by atoms with E-state index in [1.807, 2.05) is 0 Å². The van der Waals surface area contributed by atoms with Crippen molar-refractivity contribution in [3.63, 3.8) is 0 Å². The van der Waals surface area contributed by atoms with Gasteiger partial charge in [0.05, 0.1) is 6.61 Å². The highest BCUT2D eigenvalue weighted by Crippen LogP contribution is 2.38. The number of carbonyl (C=O) groups is 1. The van der Waals surface area contributed by atoms with Crippen molar-refractivity contribution in [2.75, 3.05) is 6.61 Å². The van der Waals surface area contributed by atoms with Gasteiger partial charge < -0.3 is 15.6 Å². The number of rotatable bonds is 2. The minimum absolute atomic E-state index is 0.157. The third-order valence-electron chi connectivity index (χ3n) is 2.16. The average molecular weight is 179 g/mol. The van der Waals surface area contributed by atoms with Crippen LogP contribution in [-0.2, 0) is 15.1 Å². The van der Waals surface area contributed by atoms with Crippen molar-refractivity contribution in [2.45, 2.75) is 5.60 Å². The van der Waals surface area contributed by atoms with Crippen molar-refractivity contribution >= 4 is 5.91 Å². The molecule has 3 N–H and O–H groups in total. The van der Waals surface area contributed by atoms with Gasteiger partial charge in [-0.15, -0.1) is 0 Å². The molecular weight excluding hydrogens is 170 g/mol. The van der Waals surface area contributed by atoms with Crippen LogP contribution in [0, 0.1) is 0 Å². The Kier molecular flexibility index (Phi) is 1.53. The molecule has 1 unspecified atom stereocenters. The molecule has 4 nitrogen and oxygen atoms in total. The maximum Gasteiger partial charge on any atom is 0.256 e. The number of primary amides is 1. The molecule has 4 heteroatoms. The second-order valence-corrected chi connectivity index (χ2v) is 3.03. The zero-order valence-electron chi connectivity index (χ0n) is 6.86. The molecule has 1 atom stereocenters. The molecule has 1 aliphatic heterocycles. The maximum atomic E-state index is 11.0. The van der Waals surface area contributed by atoms with E-state index in [0.29, 0.717) is 12.2 Å². The number of aromatic hydroxyl groups is 1. The molecule has 0 saturated carbocycles. The summed E-state index contributed by atoms with van der Waals surface area (Å²) in [5.41, 5.74) is 4.93. The lowest BCUT2D eigenvalue weighted by Gasteiger charge is -2.06. The van der Waals surface area contributed by atoms with Crippen LogP contribution in [-0.4, -0.2) is 17.6 Å². The third-order valence-corrected chi connectivity index (χ3v) is 2.16. The smallest absolute Gasteiger partial charge is 0.256 e. The van der Waals surface area contributed by atoms with E-state index in [1.54, 1.807) is 12.1 Å². The minimum Gasteiger partial charge on any atom is -0.508 e. The van der Waals surface area contributed by atoms with Gasteiger partial charge in [0.2, 0.25) is 0 Å². The Bertz CT molecular complexity index is 340. The number of hydrogen-bond donors (Lipinski definition) is 2. The first kappa shape index (κ1) is 8.07. The summed E-state index contributed by atoms with van der Waals surface area (Å²) in [4.78, 5) is 11.0. The monoisotopic (exact) mass is 179 g/mol. The first-order valence-corrected chi connectivity index (χ1v) is 3.88. The molecule has 1 saturated heterocycles. The normalized spacial score (nSPS) is 25.5. The van der Waals surface area contributed by atoms with Gasteiger partial charge in [-0.05, 0) is 17.7 Å². The number of amides is 1. The zero-order chi connectivity index (χ0) is 9.47. The molecule has 0 aliphatic carbocycles. The highest BCUT2D eigenvalue weighted by atomic mass is 16.6. The van der Waals surface area contributed by atoms with Gasteiger partial charge in [-0.1, -0.05) is 12.1 Å². The lowest BCUT2D eigenvalue weighted by molar-refractivity contribution is -0.123. The summed E-state index contributed by atoms with van der Waals surface area (Å²) < 4.78 is 5.03. The van der Waals surface area contributed by atoms with Gasteiger partial charge in [0.15, 0.2) is 5.60 Å². The van der Waals surface area contributed by atoms with E-state index in [-0.39, 0.29) is 5.75 Å². The van der Waals surface area contributed by atoms with E-state index in [0.717, 1.165) is 0 Å². The summed E-state index contributed by atoms with van der Waals surface area (Å²) in [6.07, 6.45) is 0. The summed E-state index contributed by atoms with van der Waals surface area (Å²) in [6, 6.07) is 6.27. The van der Waals surface area contributed by atoms with Crippen LogP contribution in [0.3, 0.4) is 0 Å². The van der Waals surface area contributed by atoms with E-state index in [9.17, 15) is 4.79 Å². The molecule has 1 fully saturated rings. The van der Waals surface area contributed by atoms with Crippen LogP contribution in [0.4, 0.5) is 0 Å². The van der Waals surface area contributed by atoms with E-state index >= 15 is 0 Å². The number of hydrogen-bond acceptors (Lipinski definition) is 3. The van der Waals surface area contributed by atoms with Gasteiger partial charge in [-0.25, -0.2) is 0 Å². The Morgan fingerprint density at radius 2 is 2.00 bits per heavy atom. The molecule has 13 heavy (non-hydrogen) atoms. The topological polar surface area (TPSA) is 75.9 Å². The summed E-state index contributed by atoms with van der Waals surface area (Å²) in [7, 11) is 0.